The van der Waals surface area contributed by atoms with Crippen LogP contribution in [0.2, 0.25) is 5.02 Å². The number of carbonyl (C=O) groups is 2. The highest BCUT2D eigenvalue weighted by Crippen LogP contribution is 2.23. The summed E-state index contributed by atoms with van der Waals surface area (Å²) in [6.07, 6.45) is 0.435. The molecule has 2 N–H and O–H groups in total. The average Bonchev–Trinajstić information content (AvgIpc) is 2.33. The zero-order chi connectivity index (χ0) is 14.4. The summed E-state index contributed by atoms with van der Waals surface area (Å²) in [5.74, 6) is -1.81. The quantitative estimate of drug-likeness (QED) is 0.848. The van der Waals surface area contributed by atoms with Gasteiger partial charge in [-0.1, -0.05) is 18.5 Å². The van der Waals surface area contributed by atoms with E-state index < -0.39 is 17.0 Å². The number of carboxylic acids is 1. The number of amides is 1. The van der Waals surface area contributed by atoms with E-state index in [-0.39, 0.29) is 16.7 Å². The molecule has 0 spiro atoms. The van der Waals surface area contributed by atoms with Crippen LogP contribution in [0.4, 0.5) is 10.1 Å². The third kappa shape index (κ3) is 5.08. The minimum absolute atomic E-state index is 0.00148. The maximum atomic E-state index is 12.8. The Balaban J connectivity index is 2.53. The number of anilines is 1. The fraction of sp³-hybridized carbons (Fsp3) is 0.333. The lowest BCUT2D eigenvalue weighted by atomic mass is 10.3. The fourth-order valence-corrected chi connectivity index (χ4v) is 2.33. The molecule has 104 valence electrons. The van der Waals surface area contributed by atoms with Crippen molar-refractivity contribution in [1.82, 2.24) is 0 Å². The molecule has 0 fully saturated rings. The van der Waals surface area contributed by atoms with Crippen LogP contribution in [-0.2, 0) is 9.59 Å². The van der Waals surface area contributed by atoms with Crippen LogP contribution >= 0.6 is 23.4 Å². The molecule has 1 rings (SSSR count). The predicted octanol–water partition coefficient (Wildman–Crippen LogP) is 3.01. The molecule has 1 aromatic rings. The van der Waals surface area contributed by atoms with Crippen molar-refractivity contribution in [3.8, 4) is 0 Å². The number of nitrogens with one attached hydrogen (secondary N) is 1. The number of hydrogen-bond acceptors (Lipinski definition) is 3. The van der Waals surface area contributed by atoms with E-state index in [2.05, 4.69) is 5.32 Å². The summed E-state index contributed by atoms with van der Waals surface area (Å²) >= 11 is 6.80. The van der Waals surface area contributed by atoms with Gasteiger partial charge in [0.1, 0.15) is 11.1 Å². The Morgan fingerprint density at radius 3 is 2.74 bits per heavy atom. The largest absolute Gasteiger partial charge is 0.480 e. The van der Waals surface area contributed by atoms with E-state index in [4.69, 9.17) is 16.7 Å². The Bertz CT molecular complexity index is 484. The predicted molar refractivity (Wildman–Crippen MR) is 74.2 cm³/mol. The molecule has 0 heterocycles. The van der Waals surface area contributed by atoms with Gasteiger partial charge in [-0.15, -0.1) is 11.8 Å². The summed E-state index contributed by atoms with van der Waals surface area (Å²) in [4.78, 5) is 22.4. The van der Waals surface area contributed by atoms with Crippen LogP contribution in [0, 0.1) is 5.82 Å². The molecule has 7 heteroatoms. The van der Waals surface area contributed by atoms with Crippen LogP contribution in [0.1, 0.15) is 13.3 Å². The van der Waals surface area contributed by atoms with Crippen molar-refractivity contribution in [3.63, 3.8) is 0 Å². The molecule has 0 bridgehead atoms. The van der Waals surface area contributed by atoms with Crippen LogP contribution in [0.25, 0.3) is 0 Å². The van der Waals surface area contributed by atoms with E-state index in [0.717, 1.165) is 17.8 Å². The van der Waals surface area contributed by atoms with E-state index in [9.17, 15) is 14.0 Å². The van der Waals surface area contributed by atoms with Gasteiger partial charge in [0.05, 0.1) is 16.5 Å². The minimum Gasteiger partial charge on any atom is -0.480 e. The van der Waals surface area contributed by atoms with Crippen LogP contribution < -0.4 is 5.32 Å². The lowest BCUT2D eigenvalue weighted by Crippen LogP contribution is -2.21. The van der Waals surface area contributed by atoms with Gasteiger partial charge in [-0.2, -0.15) is 0 Å². The molecular formula is C12H13ClFNO3S. The number of carbonyl (C=O) groups excluding carboxylic acids is 1. The lowest BCUT2D eigenvalue weighted by Gasteiger charge is -2.10. The molecule has 0 aliphatic carbocycles. The first-order chi connectivity index (χ1) is 8.93. The number of aliphatic carboxylic acids is 1. The van der Waals surface area contributed by atoms with Crippen molar-refractivity contribution in [2.45, 2.75) is 18.6 Å². The molecule has 19 heavy (non-hydrogen) atoms. The Hall–Kier alpha value is -1.27. The van der Waals surface area contributed by atoms with Crippen molar-refractivity contribution < 1.29 is 19.1 Å². The molecule has 1 aromatic carbocycles. The first-order valence-electron chi connectivity index (χ1n) is 5.53. The van der Waals surface area contributed by atoms with Crippen molar-refractivity contribution in [1.29, 1.82) is 0 Å². The van der Waals surface area contributed by atoms with Crippen LogP contribution in [-0.4, -0.2) is 28.0 Å². The highest BCUT2D eigenvalue weighted by molar-refractivity contribution is 8.01. The van der Waals surface area contributed by atoms with Gasteiger partial charge in [-0.3, -0.25) is 9.59 Å². The van der Waals surface area contributed by atoms with Gasteiger partial charge in [-0.05, 0) is 24.6 Å². The third-order valence-electron chi connectivity index (χ3n) is 2.27. The number of halogens is 2. The Morgan fingerprint density at radius 1 is 1.53 bits per heavy atom. The Labute approximate surface area is 119 Å². The smallest absolute Gasteiger partial charge is 0.316 e. The van der Waals surface area contributed by atoms with Crippen molar-refractivity contribution in [3.05, 3.63) is 29.0 Å². The molecule has 4 nitrogen and oxygen atoms in total. The van der Waals surface area contributed by atoms with Gasteiger partial charge in [0, 0.05) is 0 Å². The molecule has 1 unspecified atom stereocenters. The topological polar surface area (TPSA) is 66.4 Å². The number of carboxylic acid groups (broad SMARTS) is 1. The number of rotatable bonds is 6. The van der Waals surface area contributed by atoms with E-state index in [1.807, 2.05) is 0 Å². The first-order valence-corrected chi connectivity index (χ1v) is 6.96. The summed E-state index contributed by atoms with van der Waals surface area (Å²) in [6, 6.07) is 3.63. The maximum absolute atomic E-state index is 12.8. The highest BCUT2D eigenvalue weighted by atomic mass is 35.5. The summed E-state index contributed by atoms with van der Waals surface area (Å²) in [6.45, 7) is 1.74. The van der Waals surface area contributed by atoms with Gasteiger partial charge >= 0.3 is 5.97 Å². The van der Waals surface area contributed by atoms with Gasteiger partial charge in [0.25, 0.3) is 0 Å². The van der Waals surface area contributed by atoms with Gasteiger partial charge in [0.15, 0.2) is 0 Å². The van der Waals surface area contributed by atoms with Crippen LogP contribution in [0.3, 0.4) is 0 Å². The van der Waals surface area contributed by atoms with Crippen molar-refractivity contribution in [2.24, 2.45) is 0 Å². The fourth-order valence-electron chi connectivity index (χ4n) is 1.32. The summed E-state index contributed by atoms with van der Waals surface area (Å²) in [5, 5.41) is 10.8. The standard InChI is InChI=1S/C12H13ClFNO3S/c1-2-10(12(17)18)19-6-11(16)15-9-4-3-7(14)5-8(9)13/h3-5,10H,2,6H2,1H3,(H,15,16)(H,17,18). The molecule has 0 radical (unpaired) electrons. The minimum atomic E-state index is -0.944. The lowest BCUT2D eigenvalue weighted by molar-refractivity contribution is -0.136. The van der Waals surface area contributed by atoms with E-state index in [0.29, 0.717) is 12.1 Å². The highest BCUT2D eigenvalue weighted by Gasteiger charge is 2.17. The second-order valence-corrected chi connectivity index (χ2v) is 5.32. The number of hydrogen-bond donors (Lipinski definition) is 2. The first kappa shape index (κ1) is 15.8. The van der Waals surface area contributed by atoms with E-state index >= 15 is 0 Å². The summed E-state index contributed by atoms with van der Waals surface area (Å²) < 4.78 is 12.8. The maximum Gasteiger partial charge on any atom is 0.316 e. The molecule has 0 saturated carbocycles. The Morgan fingerprint density at radius 2 is 2.21 bits per heavy atom. The van der Waals surface area contributed by atoms with Crippen molar-refractivity contribution >= 4 is 40.9 Å². The Kier molecular flexibility index (Phi) is 6.11. The molecule has 0 aliphatic heterocycles. The zero-order valence-electron chi connectivity index (χ0n) is 10.2. The summed E-state index contributed by atoms with van der Waals surface area (Å²) in [7, 11) is 0. The third-order valence-corrected chi connectivity index (χ3v) is 3.95. The molecule has 1 amide bonds. The number of benzene rings is 1. The molecule has 0 aromatic heterocycles. The summed E-state index contributed by atoms with van der Waals surface area (Å²) in [5.41, 5.74) is 0.303. The van der Waals surface area contributed by atoms with Crippen LogP contribution in [0.15, 0.2) is 18.2 Å². The molecule has 0 saturated heterocycles. The second-order valence-electron chi connectivity index (χ2n) is 3.72. The monoisotopic (exact) mass is 305 g/mol. The molecular weight excluding hydrogens is 293 g/mol. The van der Waals surface area contributed by atoms with Crippen molar-refractivity contribution in [2.75, 3.05) is 11.1 Å². The average molecular weight is 306 g/mol. The van der Waals surface area contributed by atoms with E-state index in [1.165, 1.54) is 12.1 Å². The van der Waals surface area contributed by atoms with E-state index in [1.54, 1.807) is 6.92 Å². The second kappa shape index (κ2) is 7.35. The molecule has 0 aliphatic rings. The molecule has 1 atom stereocenters. The van der Waals surface area contributed by atoms with Gasteiger partial charge in [-0.25, -0.2) is 4.39 Å². The van der Waals surface area contributed by atoms with Gasteiger partial charge < -0.3 is 10.4 Å². The zero-order valence-corrected chi connectivity index (χ0v) is 11.7. The number of thioether (sulfide) groups is 1. The van der Waals surface area contributed by atoms with Crippen LogP contribution in [0.5, 0.6) is 0 Å². The van der Waals surface area contributed by atoms with Gasteiger partial charge in [0.2, 0.25) is 5.91 Å². The normalized spacial score (nSPS) is 11.9. The SMILES string of the molecule is CCC(SCC(=O)Nc1ccc(F)cc1Cl)C(=O)O.